The minimum absolute atomic E-state index is 0.496. The molecule has 1 aliphatic heterocycles. The van der Waals surface area contributed by atoms with Gasteiger partial charge in [-0.3, -0.25) is 19.0 Å². The Kier molecular flexibility index (Phi) is 3.21. The Morgan fingerprint density at radius 2 is 1.68 bits per heavy atom. The van der Waals surface area contributed by atoms with Gasteiger partial charge < -0.3 is 4.40 Å². The molecule has 0 unspecified atom stereocenters. The molecule has 0 fully saturated rings. The minimum atomic E-state index is -0.507. The zero-order valence-corrected chi connectivity index (χ0v) is 16.1. The summed E-state index contributed by atoms with van der Waals surface area (Å²) >= 11 is 7.22. The molecule has 2 aromatic heterocycles. The van der Waals surface area contributed by atoms with Crippen LogP contribution in [-0.2, 0) is 12.8 Å². The molecule has 0 atom stereocenters. The molecule has 124 valence electrons. The molecule has 0 saturated heterocycles. The molecule has 5 nitrogen and oxygen atoms in total. The largest absolute Gasteiger partial charge is 0.313 e. The standard InChI is InChI=1S/C18H11Br2N3O2/c19-11-8-22-12-4-15(24)16(25)5-13(12)23-14(6-21-7-17(23)20)10-3-1-2-9(11)18(10)22/h4-8H,1-3H2. The van der Waals surface area contributed by atoms with Gasteiger partial charge in [0.25, 0.3) is 0 Å². The molecule has 0 aromatic carbocycles. The van der Waals surface area contributed by atoms with Crippen LogP contribution in [0.3, 0.4) is 0 Å². The Morgan fingerprint density at radius 1 is 0.960 bits per heavy atom. The topological polar surface area (TPSA) is 55.9 Å². The van der Waals surface area contributed by atoms with Crippen LogP contribution in [0.5, 0.6) is 0 Å². The van der Waals surface area contributed by atoms with E-state index in [2.05, 4.69) is 36.8 Å². The highest BCUT2D eigenvalue weighted by atomic mass is 79.9. The van der Waals surface area contributed by atoms with Gasteiger partial charge in [0.15, 0.2) is 0 Å². The van der Waals surface area contributed by atoms with E-state index >= 15 is 0 Å². The molecule has 7 heteroatoms. The SMILES string of the molecule is O=c1cc2n3cc(Br)c4c3c(c3cncc(Br)n3c-2cc1=O)CCC4. The lowest BCUT2D eigenvalue weighted by Gasteiger charge is -2.13. The van der Waals surface area contributed by atoms with E-state index in [1.807, 2.05) is 21.2 Å². The van der Waals surface area contributed by atoms with Gasteiger partial charge in [0.1, 0.15) is 4.60 Å². The molecule has 0 saturated carbocycles. The van der Waals surface area contributed by atoms with Crippen molar-refractivity contribution in [3.63, 3.8) is 0 Å². The average molecular weight is 461 g/mol. The van der Waals surface area contributed by atoms with E-state index < -0.39 is 10.9 Å². The second kappa shape index (κ2) is 5.25. The summed E-state index contributed by atoms with van der Waals surface area (Å²) in [6.45, 7) is 0. The molecule has 5 rings (SSSR count). The summed E-state index contributed by atoms with van der Waals surface area (Å²) in [6, 6.07) is 2.86. The fourth-order valence-corrected chi connectivity index (χ4v) is 4.94. The van der Waals surface area contributed by atoms with Crippen LogP contribution >= 0.6 is 31.9 Å². The van der Waals surface area contributed by atoms with Gasteiger partial charge in [-0.2, -0.15) is 0 Å². The third-order valence-corrected chi connectivity index (χ3v) is 6.12. The van der Waals surface area contributed by atoms with Crippen molar-refractivity contribution in [3.05, 3.63) is 71.4 Å². The third-order valence-electron chi connectivity index (χ3n) is 4.88. The third kappa shape index (κ3) is 2.02. The first-order valence-electron chi connectivity index (χ1n) is 7.91. The van der Waals surface area contributed by atoms with Gasteiger partial charge in [-0.1, -0.05) is 0 Å². The zero-order valence-electron chi connectivity index (χ0n) is 12.9. The van der Waals surface area contributed by atoms with Crippen LogP contribution in [0.15, 0.2) is 49.4 Å². The van der Waals surface area contributed by atoms with E-state index in [-0.39, 0.29) is 0 Å². The highest BCUT2D eigenvalue weighted by Crippen LogP contribution is 2.37. The summed E-state index contributed by atoms with van der Waals surface area (Å²) in [7, 11) is 0. The number of aromatic nitrogens is 3. The zero-order chi connectivity index (χ0) is 17.3. The van der Waals surface area contributed by atoms with Crippen LogP contribution in [0.2, 0.25) is 0 Å². The monoisotopic (exact) mass is 459 g/mol. The lowest BCUT2D eigenvalue weighted by molar-refractivity contribution is 0.805. The number of halogens is 2. The van der Waals surface area contributed by atoms with Gasteiger partial charge in [0.05, 0.1) is 34.8 Å². The molecular formula is C18H11Br2N3O2. The summed E-state index contributed by atoms with van der Waals surface area (Å²) in [6.07, 6.45) is 8.46. The number of benzene rings is 1. The van der Waals surface area contributed by atoms with Gasteiger partial charge in [-0.15, -0.1) is 0 Å². The maximum absolute atomic E-state index is 12.1. The predicted molar refractivity (Wildman–Crippen MR) is 103 cm³/mol. The number of nitrogens with zero attached hydrogens (tertiary/aromatic N) is 3. The Balaban J connectivity index is 2.23. The van der Waals surface area contributed by atoms with Crippen molar-refractivity contribution >= 4 is 42.9 Å². The van der Waals surface area contributed by atoms with Crippen LogP contribution in [0.4, 0.5) is 0 Å². The van der Waals surface area contributed by atoms with Crippen molar-refractivity contribution in [3.8, 4) is 11.4 Å². The van der Waals surface area contributed by atoms with Gasteiger partial charge in [-0.05, 0) is 56.7 Å². The van der Waals surface area contributed by atoms with Crippen molar-refractivity contribution in [2.24, 2.45) is 0 Å². The second-order valence-electron chi connectivity index (χ2n) is 6.24. The smallest absolute Gasteiger partial charge is 0.227 e. The molecule has 3 aliphatic rings. The number of hydrogen-bond acceptors (Lipinski definition) is 3. The van der Waals surface area contributed by atoms with Crippen molar-refractivity contribution in [1.82, 2.24) is 13.8 Å². The fraction of sp³-hybridized carbons (Fsp3) is 0.167. The highest BCUT2D eigenvalue weighted by molar-refractivity contribution is 9.10. The van der Waals surface area contributed by atoms with Crippen LogP contribution in [-0.4, -0.2) is 13.8 Å². The molecule has 0 spiro atoms. The molecule has 2 aliphatic carbocycles. The molecule has 3 heterocycles. The van der Waals surface area contributed by atoms with Crippen molar-refractivity contribution in [2.75, 3.05) is 0 Å². The Labute approximate surface area is 158 Å². The second-order valence-corrected chi connectivity index (χ2v) is 7.91. The van der Waals surface area contributed by atoms with Crippen molar-refractivity contribution in [1.29, 1.82) is 0 Å². The molecular weight excluding hydrogens is 450 g/mol. The molecule has 0 radical (unpaired) electrons. The fourth-order valence-electron chi connectivity index (χ4n) is 3.85. The normalized spacial score (nSPS) is 13.8. The molecule has 25 heavy (non-hydrogen) atoms. The van der Waals surface area contributed by atoms with E-state index in [9.17, 15) is 9.59 Å². The Morgan fingerprint density at radius 3 is 2.48 bits per heavy atom. The first-order chi connectivity index (χ1) is 12.1. The first kappa shape index (κ1) is 15.3. The van der Waals surface area contributed by atoms with Gasteiger partial charge >= 0.3 is 0 Å². The quantitative estimate of drug-likeness (QED) is 0.378. The maximum Gasteiger partial charge on any atom is 0.227 e. The number of aryl methyl sites for hydroxylation is 2. The summed E-state index contributed by atoms with van der Waals surface area (Å²) in [4.78, 5) is 28.5. The van der Waals surface area contributed by atoms with E-state index in [0.717, 1.165) is 39.4 Å². The van der Waals surface area contributed by atoms with Gasteiger partial charge in [0, 0.05) is 28.4 Å². The highest BCUT2D eigenvalue weighted by Gasteiger charge is 2.24. The van der Waals surface area contributed by atoms with E-state index in [1.165, 1.54) is 23.3 Å². The van der Waals surface area contributed by atoms with Gasteiger partial charge in [0.2, 0.25) is 10.9 Å². The van der Waals surface area contributed by atoms with Crippen LogP contribution in [0.1, 0.15) is 17.5 Å². The maximum atomic E-state index is 12.1. The number of rotatable bonds is 0. The van der Waals surface area contributed by atoms with E-state index in [1.54, 1.807) is 6.20 Å². The number of fused-ring (bicyclic) bond motifs is 5. The van der Waals surface area contributed by atoms with Gasteiger partial charge in [-0.25, -0.2) is 0 Å². The lowest BCUT2D eigenvalue weighted by Crippen LogP contribution is -2.23. The predicted octanol–water partition coefficient (Wildman–Crippen LogP) is 3.43. The van der Waals surface area contributed by atoms with E-state index in [4.69, 9.17) is 0 Å². The first-order valence-corrected chi connectivity index (χ1v) is 9.49. The summed E-state index contributed by atoms with van der Waals surface area (Å²) in [5.41, 5.74) is 4.84. The summed E-state index contributed by atoms with van der Waals surface area (Å²) < 4.78 is 5.77. The molecule has 0 amide bonds. The van der Waals surface area contributed by atoms with Crippen molar-refractivity contribution in [2.45, 2.75) is 19.3 Å². The lowest BCUT2D eigenvalue weighted by atomic mass is 9.97. The number of hydrogen-bond donors (Lipinski definition) is 0. The van der Waals surface area contributed by atoms with Crippen LogP contribution < -0.4 is 10.9 Å². The summed E-state index contributed by atoms with van der Waals surface area (Å²) in [5.74, 6) is 0. The average Bonchev–Trinajstić information content (AvgIpc) is 2.88. The van der Waals surface area contributed by atoms with Crippen LogP contribution in [0.25, 0.3) is 22.4 Å². The Hall–Kier alpha value is -1.99. The molecule has 0 N–H and O–H groups in total. The van der Waals surface area contributed by atoms with Crippen LogP contribution in [0, 0.1) is 0 Å². The van der Waals surface area contributed by atoms with E-state index in [0.29, 0.717) is 11.4 Å². The molecule has 2 aromatic rings. The molecule has 0 bridgehead atoms. The van der Waals surface area contributed by atoms with Crippen molar-refractivity contribution < 1.29 is 0 Å². The Bertz CT molecular complexity index is 1290. The minimum Gasteiger partial charge on any atom is -0.313 e. The summed E-state index contributed by atoms with van der Waals surface area (Å²) in [5, 5.41) is 0.